The summed E-state index contributed by atoms with van der Waals surface area (Å²) < 4.78 is 26.5. The van der Waals surface area contributed by atoms with Crippen LogP contribution >= 0.6 is 39.1 Å². The van der Waals surface area contributed by atoms with Crippen LogP contribution in [0.5, 0.6) is 0 Å². The molecule has 0 bridgehead atoms. The number of aliphatic hydroxyl groups excluding tert-OH is 1. The van der Waals surface area contributed by atoms with E-state index in [0.717, 1.165) is 0 Å². The van der Waals surface area contributed by atoms with Gasteiger partial charge in [-0.2, -0.15) is 0 Å². The standard InChI is InChI=1S/C9H10BrCl2NO3S/c10-6-4-8(12)9(5-7(6)11)17(15,16)13-2-1-3-14/h4-5,13-14H,1-3H2. The minimum atomic E-state index is -3.70. The van der Waals surface area contributed by atoms with Crippen LogP contribution in [0.3, 0.4) is 0 Å². The molecule has 1 aromatic rings. The zero-order chi connectivity index (χ0) is 13.1. The lowest BCUT2D eigenvalue weighted by Gasteiger charge is -2.09. The summed E-state index contributed by atoms with van der Waals surface area (Å²) in [6.45, 7) is 0.0557. The summed E-state index contributed by atoms with van der Waals surface area (Å²) >= 11 is 14.8. The monoisotopic (exact) mass is 361 g/mol. The molecule has 17 heavy (non-hydrogen) atoms. The summed E-state index contributed by atoms with van der Waals surface area (Å²) in [6, 6.07) is 2.69. The third kappa shape index (κ3) is 4.08. The van der Waals surface area contributed by atoms with Gasteiger partial charge in [0.05, 0.1) is 10.0 Å². The van der Waals surface area contributed by atoms with Crippen molar-refractivity contribution in [2.45, 2.75) is 11.3 Å². The van der Waals surface area contributed by atoms with E-state index in [4.69, 9.17) is 28.3 Å². The molecule has 0 heterocycles. The molecule has 0 aliphatic carbocycles. The Bertz CT molecular complexity index is 507. The predicted molar refractivity (Wildman–Crippen MR) is 71.1 cm³/mol. The number of sulfonamides is 1. The molecule has 0 unspecified atom stereocenters. The second-order valence-electron chi connectivity index (χ2n) is 3.17. The van der Waals surface area contributed by atoms with Gasteiger partial charge < -0.3 is 5.11 Å². The van der Waals surface area contributed by atoms with Crippen molar-refractivity contribution in [3.63, 3.8) is 0 Å². The molecule has 0 radical (unpaired) electrons. The van der Waals surface area contributed by atoms with Crippen molar-refractivity contribution < 1.29 is 13.5 Å². The molecular weight excluding hydrogens is 353 g/mol. The van der Waals surface area contributed by atoms with Gasteiger partial charge in [0.1, 0.15) is 4.90 Å². The fourth-order valence-electron chi connectivity index (χ4n) is 1.07. The summed E-state index contributed by atoms with van der Waals surface area (Å²) in [4.78, 5) is -0.0784. The molecule has 8 heteroatoms. The lowest BCUT2D eigenvalue weighted by Crippen LogP contribution is -2.25. The van der Waals surface area contributed by atoms with Crippen molar-refractivity contribution in [1.29, 1.82) is 0 Å². The molecule has 0 saturated heterocycles. The van der Waals surface area contributed by atoms with E-state index in [2.05, 4.69) is 20.7 Å². The predicted octanol–water partition coefficient (Wildman–Crippen LogP) is 2.42. The topological polar surface area (TPSA) is 66.4 Å². The van der Waals surface area contributed by atoms with Gasteiger partial charge in [-0.25, -0.2) is 13.1 Å². The Morgan fingerprint density at radius 1 is 1.29 bits per heavy atom. The highest BCUT2D eigenvalue weighted by Crippen LogP contribution is 2.31. The van der Waals surface area contributed by atoms with Crippen LogP contribution in [0.15, 0.2) is 21.5 Å². The average Bonchev–Trinajstić information content (AvgIpc) is 2.23. The van der Waals surface area contributed by atoms with E-state index in [0.29, 0.717) is 10.9 Å². The highest BCUT2D eigenvalue weighted by atomic mass is 79.9. The molecule has 0 fully saturated rings. The maximum atomic E-state index is 11.8. The van der Waals surface area contributed by atoms with Crippen LogP contribution in [0.1, 0.15) is 6.42 Å². The summed E-state index contributed by atoms with van der Waals surface area (Å²) in [5.74, 6) is 0. The summed E-state index contributed by atoms with van der Waals surface area (Å²) in [7, 11) is -3.70. The molecule has 0 amide bonds. The van der Waals surface area contributed by atoms with Gasteiger partial charge in [-0.15, -0.1) is 0 Å². The first kappa shape index (κ1) is 15.2. The van der Waals surface area contributed by atoms with E-state index >= 15 is 0 Å². The highest BCUT2D eigenvalue weighted by Gasteiger charge is 2.19. The highest BCUT2D eigenvalue weighted by molar-refractivity contribution is 9.10. The maximum Gasteiger partial charge on any atom is 0.242 e. The zero-order valence-corrected chi connectivity index (χ0v) is 12.5. The Morgan fingerprint density at radius 3 is 2.53 bits per heavy atom. The smallest absolute Gasteiger partial charge is 0.242 e. The fourth-order valence-corrected chi connectivity index (χ4v) is 3.40. The van der Waals surface area contributed by atoms with Crippen LogP contribution in [0.25, 0.3) is 0 Å². The molecule has 4 nitrogen and oxygen atoms in total. The number of rotatable bonds is 5. The number of aliphatic hydroxyl groups is 1. The van der Waals surface area contributed by atoms with Gasteiger partial charge in [-0.1, -0.05) is 23.2 Å². The quantitative estimate of drug-likeness (QED) is 0.624. The van der Waals surface area contributed by atoms with E-state index in [1.807, 2.05) is 0 Å². The Labute approximate surface area is 118 Å². The van der Waals surface area contributed by atoms with Gasteiger partial charge in [0, 0.05) is 17.6 Å². The zero-order valence-electron chi connectivity index (χ0n) is 8.58. The molecule has 0 aromatic heterocycles. The van der Waals surface area contributed by atoms with Gasteiger partial charge in [-0.05, 0) is 34.5 Å². The van der Waals surface area contributed by atoms with E-state index in [9.17, 15) is 8.42 Å². The fraction of sp³-hybridized carbons (Fsp3) is 0.333. The van der Waals surface area contributed by atoms with Crippen molar-refractivity contribution in [2.75, 3.05) is 13.2 Å². The number of halogens is 3. The van der Waals surface area contributed by atoms with Gasteiger partial charge in [0.2, 0.25) is 10.0 Å². The molecule has 0 aliphatic heterocycles. The summed E-state index contributed by atoms with van der Waals surface area (Å²) in [5.41, 5.74) is 0. The first-order valence-electron chi connectivity index (χ1n) is 4.63. The Morgan fingerprint density at radius 2 is 1.94 bits per heavy atom. The van der Waals surface area contributed by atoms with Crippen LogP contribution in [-0.4, -0.2) is 26.7 Å². The molecule has 1 rings (SSSR count). The Kier molecular flexibility index (Phi) is 5.69. The molecule has 0 saturated carbocycles. The molecule has 0 spiro atoms. The summed E-state index contributed by atoms with van der Waals surface area (Å²) in [6.07, 6.45) is 0.334. The van der Waals surface area contributed by atoms with Crippen LogP contribution < -0.4 is 4.72 Å². The molecule has 0 aliphatic rings. The minimum absolute atomic E-state index is 0.0784. The number of hydrogen-bond acceptors (Lipinski definition) is 3. The van der Waals surface area contributed by atoms with Crippen LogP contribution in [-0.2, 0) is 10.0 Å². The van der Waals surface area contributed by atoms with Gasteiger partial charge in [0.25, 0.3) is 0 Å². The molecule has 1 aromatic carbocycles. The van der Waals surface area contributed by atoms with Crippen molar-refractivity contribution in [3.05, 3.63) is 26.7 Å². The van der Waals surface area contributed by atoms with Crippen molar-refractivity contribution in [3.8, 4) is 0 Å². The van der Waals surface area contributed by atoms with E-state index in [1.54, 1.807) is 0 Å². The number of nitrogens with one attached hydrogen (secondary N) is 1. The van der Waals surface area contributed by atoms with Gasteiger partial charge >= 0.3 is 0 Å². The van der Waals surface area contributed by atoms with E-state index < -0.39 is 10.0 Å². The van der Waals surface area contributed by atoms with Crippen LogP contribution in [0.2, 0.25) is 10.0 Å². The lowest BCUT2D eigenvalue weighted by molar-refractivity contribution is 0.289. The van der Waals surface area contributed by atoms with Crippen LogP contribution in [0.4, 0.5) is 0 Å². The van der Waals surface area contributed by atoms with E-state index in [-0.39, 0.29) is 28.1 Å². The van der Waals surface area contributed by atoms with Crippen molar-refractivity contribution in [2.24, 2.45) is 0 Å². The molecule has 0 atom stereocenters. The van der Waals surface area contributed by atoms with Crippen molar-refractivity contribution >= 4 is 49.2 Å². The normalized spacial score (nSPS) is 11.8. The average molecular weight is 363 g/mol. The second kappa shape index (κ2) is 6.36. The first-order chi connectivity index (χ1) is 7.88. The van der Waals surface area contributed by atoms with E-state index in [1.165, 1.54) is 12.1 Å². The molecular formula is C9H10BrCl2NO3S. The number of benzene rings is 1. The Hall–Kier alpha value is 0.150. The first-order valence-corrected chi connectivity index (χ1v) is 7.67. The molecule has 96 valence electrons. The minimum Gasteiger partial charge on any atom is -0.396 e. The maximum absolute atomic E-state index is 11.8. The largest absolute Gasteiger partial charge is 0.396 e. The lowest BCUT2D eigenvalue weighted by atomic mass is 10.4. The van der Waals surface area contributed by atoms with Gasteiger partial charge in [0.15, 0.2) is 0 Å². The SMILES string of the molecule is O=S(=O)(NCCCO)c1cc(Cl)c(Br)cc1Cl. The molecule has 2 N–H and O–H groups in total. The van der Waals surface area contributed by atoms with Gasteiger partial charge in [-0.3, -0.25) is 0 Å². The summed E-state index contributed by atoms with van der Waals surface area (Å²) in [5, 5.41) is 8.92. The number of hydrogen-bond donors (Lipinski definition) is 2. The Balaban J connectivity index is 3.03. The van der Waals surface area contributed by atoms with Crippen molar-refractivity contribution in [1.82, 2.24) is 4.72 Å². The second-order valence-corrected chi connectivity index (χ2v) is 6.58. The third-order valence-electron chi connectivity index (χ3n) is 1.89. The third-order valence-corrected chi connectivity index (χ3v) is 5.01. The van der Waals surface area contributed by atoms with Crippen LogP contribution in [0, 0.1) is 0 Å².